The van der Waals surface area contributed by atoms with Gasteiger partial charge in [0.25, 0.3) is 0 Å². The van der Waals surface area contributed by atoms with E-state index in [0.29, 0.717) is 31.6 Å². The first-order valence-corrected chi connectivity index (χ1v) is 43.2. The standard InChI is InChI=1S/C78H152O17P2/c1-68(2)54-46-38-30-24-18-15-13-11-9-10-12-14-16-20-28-34-44-52-60-77(82)95-74(65-89-76(81)59-51-43-37-36-41-49-57-71(7)8)67-93-97(86,87)91-63-72(79)62-90-96(84,85)92-66-73(94-78(83)61-53-45-35-29-23-22-26-32-40-48-56-70(5)6)64-88-75(80)58-50-42-33-27-21-17-19-25-31-39-47-55-69(3)4/h68-74,79H,9-67H2,1-8H3,(H,84,85)(H,86,87)/t72?,73-,74-/m1/s1. The number of phosphoric acid groups is 2. The fourth-order valence-corrected chi connectivity index (χ4v) is 13.5. The van der Waals surface area contributed by atoms with Crippen molar-refractivity contribution in [3.05, 3.63) is 0 Å². The Morgan fingerprint density at radius 2 is 0.433 bits per heavy atom. The molecule has 3 unspecified atom stereocenters. The normalized spacial score (nSPS) is 14.1. The van der Waals surface area contributed by atoms with Crippen molar-refractivity contribution >= 4 is 39.5 Å². The van der Waals surface area contributed by atoms with Crippen molar-refractivity contribution in [1.82, 2.24) is 0 Å². The van der Waals surface area contributed by atoms with E-state index in [1.807, 2.05) is 0 Å². The number of esters is 4. The molecule has 0 spiro atoms. The van der Waals surface area contributed by atoms with Crippen LogP contribution in [0.25, 0.3) is 0 Å². The van der Waals surface area contributed by atoms with Gasteiger partial charge in [-0.3, -0.25) is 37.3 Å². The largest absolute Gasteiger partial charge is 0.472 e. The van der Waals surface area contributed by atoms with Gasteiger partial charge < -0.3 is 33.8 Å². The number of hydrogen-bond acceptors (Lipinski definition) is 15. The van der Waals surface area contributed by atoms with Gasteiger partial charge >= 0.3 is 39.5 Å². The smallest absolute Gasteiger partial charge is 0.462 e. The summed E-state index contributed by atoms with van der Waals surface area (Å²) >= 11 is 0. The van der Waals surface area contributed by atoms with Gasteiger partial charge in [0.1, 0.15) is 19.3 Å². The number of hydrogen-bond donors (Lipinski definition) is 3. The van der Waals surface area contributed by atoms with E-state index in [1.165, 1.54) is 193 Å². The van der Waals surface area contributed by atoms with Crippen LogP contribution in [0, 0.1) is 23.7 Å². The zero-order valence-corrected chi connectivity index (χ0v) is 65.5. The van der Waals surface area contributed by atoms with E-state index in [1.54, 1.807) is 0 Å². The van der Waals surface area contributed by atoms with Gasteiger partial charge in [-0.15, -0.1) is 0 Å². The molecule has 0 aromatic rings. The van der Waals surface area contributed by atoms with Crippen LogP contribution in [0.15, 0.2) is 0 Å². The molecule has 0 aromatic heterocycles. The third kappa shape index (κ3) is 72.2. The average molecular weight is 1420 g/mol. The first-order valence-electron chi connectivity index (χ1n) is 40.2. The molecule has 19 heteroatoms. The van der Waals surface area contributed by atoms with Crippen LogP contribution in [0.3, 0.4) is 0 Å². The lowest BCUT2D eigenvalue weighted by Crippen LogP contribution is -2.30. The molecule has 0 heterocycles. The molecule has 3 N–H and O–H groups in total. The highest BCUT2D eigenvalue weighted by atomic mass is 31.2. The maximum atomic E-state index is 13.1. The fraction of sp³-hybridized carbons (Fsp3) is 0.949. The SMILES string of the molecule is CC(C)CCCCCCCCCCCCCCCCCCCCC(=O)O[C@H](COC(=O)CCCCCCCCC(C)C)COP(=O)(O)OCC(O)COP(=O)(O)OC[C@@H](COC(=O)CCCCCCCCCCCCCC(C)C)OC(=O)CCCCCCCCCCCCC(C)C. The molecule has 0 fully saturated rings. The maximum Gasteiger partial charge on any atom is 0.472 e. The van der Waals surface area contributed by atoms with Gasteiger partial charge in [0.05, 0.1) is 26.4 Å². The molecular formula is C78H152O17P2. The third-order valence-corrected chi connectivity index (χ3v) is 20.0. The number of carbonyl (C=O) groups excluding carboxylic acids is 4. The van der Waals surface area contributed by atoms with Crippen molar-refractivity contribution < 1.29 is 80.2 Å². The molecule has 5 atom stereocenters. The Morgan fingerprint density at radius 3 is 0.639 bits per heavy atom. The van der Waals surface area contributed by atoms with Crippen molar-refractivity contribution in [3.63, 3.8) is 0 Å². The van der Waals surface area contributed by atoms with Crippen molar-refractivity contribution in [2.45, 2.75) is 414 Å². The van der Waals surface area contributed by atoms with Crippen molar-refractivity contribution in [1.29, 1.82) is 0 Å². The summed E-state index contributed by atoms with van der Waals surface area (Å²) in [6.07, 6.45) is 53.0. The molecule has 17 nitrogen and oxygen atoms in total. The van der Waals surface area contributed by atoms with Crippen LogP contribution in [-0.2, 0) is 65.4 Å². The number of aliphatic hydroxyl groups is 1. The van der Waals surface area contributed by atoms with Crippen molar-refractivity contribution in [2.24, 2.45) is 23.7 Å². The van der Waals surface area contributed by atoms with E-state index in [-0.39, 0.29) is 25.7 Å². The minimum Gasteiger partial charge on any atom is -0.462 e. The summed E-state index contributed by atoms with van der Waals surface area (Å²) in [5.74, 6) is 0.902. The number of unbranched alkanes of at least 4 members (excludes halogenated alkanes) is 41. The molecular weight excluding hydrogens is 1270 g/mol. The minimum atomic E-state index is -4.96. The second-order valence-corrected chi connectivity index (χ2v) is 32.9. The van der Waals surface area contributed by atoms with Gasteiger partial charge in [-0.05, 0) is 49.4 Å². The molecule has 0 radical (unpaired) electrons. The third-order valence-electron chi connectivity index (χ3n) is 18.1. The Balaban J connectivity index is 5.18. The number of aliphatic hydroxyl groups excluding tert-OH is 1. The Bertz CT molecular complexity index is 1900. The van der Waals surface area contributed by atoms with E-state index in [9.17, 15) is 43.2 Å². The van der Waals surface area contributed by atoms with Crippen LogP contribution < -0.4 is 0 Å². The molecule has 97 heavy (non-hydrogen) atoms. The second kappa shape index (κ2) is 67.2. The molecule has 576 valence electrons. The van der Waals surface area contributed by atoms with Crippen LogP contribution in [0.2, 0.25) is 0 Å². The monoisotopic (exact) mass is 1420 g/mol. The summed E-state index contributed by atoms with van der Waals surface area (Å²) in [6, 6.07) is 0. The number of rotatable bonds is 75. The quantitative estimate of drug-likeness (QED) is 0.0222. The van der Waals surface area contributed by atoms with Gasteiger partial charge in [0.15, 0.2) is 12.2 Å². The van der Waals surface area contributed by atoms with Gasteiger partial charge in [-0.1, -0.05) is 344 Å². The molecule has 0 saturated heterocycles. The Hall–Kier alpha value is -1.94. The van der Waals surface area contributed by atoms with Crippen molar-refractivity contribution in [3.8, 4) is 0 Å². The molecule has 0 aliphatic heterocycles. The van der Waals surface area contributed by atoms with E-state index in [0.717, 1.165) is 114 Å². The Morgan fingerprint density at radius 1 is 0.258 bits per heavy atom. The van der Waals surface area contributed by atoms with Crippen LogP contribution in [-0.4, -0.2) is 96.7 Å². The molecule has 0 aromatic carbocycles. The van der Waals surface area contributed by atoms with E-state index in [4.69, 9.17) is 37.0 Å². The molecule has 0 saturated carbocycles. The first-order chi connectivity index (χ1) is 46.6. The lowest BCUT2D eigenvalue weighted by molar-refractivity contribution is -0.161. The average Bonchev–Trinajstić information content (AvgIpc) is 1.17. The van der Waals surface area contributed by atoms with Crippen LogP contribution >= 0.6 is 15.6 Å². The topological polar surface area (TPSA) is 237 Å². The highest BCUT2D eigenvalue weighted by Crippen LogP contribution is 2.45. The van der Waals surface area contributed by atoms with Gasteiger partial charge in [0, 0.05) is 25.7 Å². The highest BCUT2D eigenvalue weighted by Gasteiger charge is 2.30. The predicted molar refractivity (Wildman–Crippen MR) is 395 cm³/mol. The molecule has 0 rings (SSSR count). The summed E-state index contributed by atoms with van der Waals surface area (Å²) in [7, 11) is -9.91. The Kier molecular flexibility index (Phi) is 65.9. The number of ether oxygens (including phenoxy) is 4. The van der Waals surface area contributed by atoms with E-state index < -0.39 is 97.5 Å². The summed E-state index contributed by atoms with van der Waals surface area (Å²) in [5.41, 5.74) is 0. The van der Waals surface area contributed by atoms with Crippen LogP contribution in [0.4, 0.5) is 0 Å². The zero-order valence-electron chi connectivity index (χ0n) is 63.7. The number of carbonyl (C=O) groups is 4. The molecule has 0 aliphatic carbocycles. The van der Waals surface area contributed by atoms with E-state index >= 15 is 0 Å². The lowest BCUT2D eigenvalue weighted by atomic mass is 10.0. The van der Waals surface area contributed by atoms with Crippen molar-refractivity contribution in [2.75, 3.05) is 39.6 Å². The van der Waals surface area contributed by atoms with E-state index in [2.05, 4.69) is 55.4 Å². The van der Waals surface area contributed by atoms with Gasteiger partial charge in [-0.25, -0.2) is 9.13 Å². The second-order valence-electron chi connectivity index (χ2n) is 30.0. The minimum absolute atomic E-state index is 0.105. The first kappa shape index (κ1) is 95.1. The lowest BCUT2D eigenvalue weighted by Gasteiger charge is -2.21. The summed E-state index contributed by atoms with van der Waals surface area (Å²) < 4.78 is 68.5. The summed E-state index contributed by atoms with van der Waals surface area (Å²) in [5, 5.41) is 10.6. The molecule has 0 bridgehead atoms. The molecule has 0 amide bonds. The highest BCUT2D eigenvalue weighted by molar-refractivity contribution is 7.47. The predicted octanol–water partition coefficient (Wildman–Crippen LogP) is 22.8. The van der Waals surface area contributed by atoms with Crippen LogP contribution in [0.1, 0.15) is 396 Å². The fourth-order valence-electron chi connectivity index (χ4n) is 11.9. The number of phosphoric ester groups is 2. The summed E-state index contributed by atoms with van der Waals surface area (Å²) in [4.78, 5) is 72.8. The maximum absolute atomic E-state index is 13.1. The zero-order chi connectivity index (χ0) is 71.7. The van der Waals surface area contributed by atoms with Gasteiger partial charge in [-0.2, -0.15) is 0 Å². The molecule has 0 aliphatic rings. The van der Waals surface area contributed by atoms with Crippen LogP contribution in [0.5, 0.6) is 0 Å². The Labute approximate surface area is 594 Å². The summed E-state index contributed by atoms with van der Waals surface area (Å²) in [6.45, 7) is 14.2. The van der Waals surface area contributed by atoms with Gasteiger partial charge in [0.2, 0.25) is 0 Å².